The summed E-state index contributed by atoms with van der Waals surface area (Å²) in [6.07, 6.45) is 0.366. The molecule has 0 bridgehead atoms. The van der Waals surface area contributed by atoms with Gasteiger partial charge in [0.25, 0.3) is 0 Å². The summed E-state index contributed by atoms with van der Waals surface area (Å²) in [7, 11) is 0. The molecule has 2 amide bonds. The summed E-state index contributed by atoms with van der Waals surface area (Å²) < 4.78 is 5.05. The first kappa shape index (κ1) is 15.4. The standard InChI is InChI=1S/C13H16N2O5S/c1-2-11(16)15-7-21-6-9(15)12(17)14-5-8-3-4-10(20-8)13(18)19/h3-4,9H,2,5-7H2,1H3,(H,14,17)(H,18,19). The van der Waals surface area contributed by atoms with E-state index in [2.05, 4.69) is 5.32 Å². The second-order valence-corrected chi connectivity index (χ2v) is 5.52. The second kappa shape index (κ2) is 6.66. The summed E-state index contributed by atoms with van der Waals surface area (Å²) in [6, 6.07) is 2.36. The zero-order chi connectivity index (χ0) is 15.4. The lowest BCUT2D eigenvalue weighted by atomic mass is 10.2. The number of hydrogen-bond acceptors (Lipinski definition) is 5. The van der Waals surface area contributed by atoms with Gasteiger partial charge in [-0.15, -0.1) is 11.8 Å². The van der Waals surface area contributed by atoms with Gasteiger partial charge in [0.2, 0.25) is 17.6 Å². The summed E-state index contributed by atoms with van der Waals surface area (Å²) in [5, 5.41) is 11.4. The predicted molar refractivity (Wildman–Crippen MR) is 75.8 cm³/mol. The Kier molecular flexibility index (Phi) is 4.89. The van der Waals surface area contributed by atoms with Crippen molar-refractivity contribution in [3.8, 4) is 0 Å². The molecule has 1 aromatic heterocycles. The molecule has 7 nitrogen and oxygen atoms in total. The molecule has 2 N–H and O–H groups in total. The third kappa shape index (κ3) is 3.57. The first-order chi connectivity index (χ1) is 10.0. The molecule has 114 valence electrons. The molecule has 0 aromatic carbocycles. The van der Waals surface area contributed by atoms with Crippen LogP contribution in [0.5, 0.6) is 0 Å². The third-order valence-corrected chi connectivity index (χ3v) is 4.13. The maximum absolute atomic E-state index is 12.1. The summed E-state index contributed by atoms with van der Waals surface area (Å²) in [5.41, 5.74) is 0. The number of amides is 2. The Morgan fingerprint density at radius 3 is 2.86 bits per heavy atom. The lowest BCUT2D eigenvalue weighted by Gasteiger charge is -2.22. The number of thioether (sulfide) groups is 1. The highest BCUT2D eigenvalue weighted by Gasteiger charge is 2.33. The summed E-state index contributed by atoms with van der Waals surface area (Å²) in [4.78, 5) is 36.1. The fourth-order valence-corrected chi connectivity index (χ4v) is 3.17. The lowest BCUT2D eigenvalue weighted by Crippen LogP contribution is -2.46. The van der Waals surface area contributed by atoms with Crippen LogP contribution in [0.3, 0.4) is 0 Å². The van der Waals surface area contributed by atoms with Crippen molar-refractivity contribution in [2.75, 3.05) is 11.6 Å². The molecule has 2 heterocycles. The Balaban J connectivity index is 1.91. The highest BCUT2D eigenvalue weighted by molar-refractivity contribution is 7.99. The molecule has 1 aliphatic rings. The van der Waals surface area contributed by atoms with E-state index in [4.69, 9.17) is 9.52 Å². The van der Waals surface area contributed by atoms with Crippen molar-refractivity contribution in [2.24, 2.45) is 0 Å². The van der Waals surface area contributed by atoms with Gasteiger partial charge in [-0.2, -0.15) is 0 Å². The number of nitrogens with zero attached hydrogens (tertiary/aromatic N) is 1. The number of nitrogens with one attached hydrogen (secondary N) is 1. The van der Waals surface area contributed by atoms with Crippen molar-refractivity contribution >= 4 is 29.5 Å². The van der Waals surface area contributed by atoms with Crippen molar-refractivity contribution < 1.29 is 23.9 Å². The molecule has 1 aliphatic heterocycles. The SMILES string of the molecule is CCC(=O)N1CSCC1C(=O)NCc1ccc(C(=O)O)o1. The molecule has 8 heteroatoms. The van der Waals surface area contributed by atoms with Crippen LogP contribution in [0, 0.1) is 0 Å². The number of hydrogen-bond donors (Lipinski definition) is 2. The quantitative estimate of drug-likeness (QED) is 0.838. The molecule has 1 saturated heterocycles. The van der Waals surface area contributed by atoms with Crippen LogP contribution in [0.2, 0.25) is 0 Å². The summed E-state index contributed by atoms with van der Waals surface area (Å²) in [6.45, 7) is 1.86. The second-order valence-electron chi connectivity index (χ2n) is 4.52. The zero-order valence-electron chi connectivity index (χ0n) is 11.5. The van der Waals surface area contributed by atoms with Crippen LogP contribution in [0.4, 0.5) is 0 Å². The zero-order valence-corrected chi connectivity index (χ0v) is 12.3. The van der Waals surface area contributed by atoms with Crippen LogP contribution < -0.4 is 5.32 Å². The molecule has 1 unspecified atom stereocenters. The Labute approximate surface area is 125 Å². The van der Waals surface area contributed by atoms with Crippen LogP contribution in [-0.2, 0) is 16.1 Å². The number of carboxylic acids is 1. The average molecular weight is 312 g/mol. The van der Waals surface area contributed by atoms with E-state index in [-0.39, 0.29) is 24.1 Å². The van der Waals surface area contributed by atoms with Gasteiger partial charge < -0.3 is 19.7 Å². The Hall–Kier alpha value is -1.96. The molecule has 0 saturated carbocycles. The molecule has 0 radical (unpaired) electrons. The lowest BCUT2D eigenvalue weighted by molar-refractivity contribution is -0.137. The molecular weight excluding hydrogens is 296 g/mol. The van der Waals surface area contributed by atoms with E-state index in [9.17, 15) is 14.4 Å². The first-order valence-electron chi connectivity index (χ1n) is 6.49. The number of carboxylic acid groups (broad SMARTS) is 1. The van der Waals surface area contributed by atoms with Gasteiger partial charge in [-0.3, -0.25) is 9.59 Å². The predicted octanol–water partition coefficient (Wildman–Crippen LogP) is 0.906. The maximum Gasteiger partial charge on any atom is 0.371 e. The van der Waals surface area contributed by atoms with Gasteiger partial charge in [0.1, 0.15) is 11.8 Å². The Morgan fingerprint density at radius 2 is 2.24 bits per heavy atom. The summed E-state index contributed by atoms with van der Waals surface area (Å²) >= 11 is 1.54. The van der Waals surface area contributed by atoms with Crippen molar-refractivity contribution in [1.82, 2.24) is 10.2 Å². The molecule has 1 atom stereocenters. The number of furan rings is 1. The largest absolute Gasteiger partial charge is 0.475 e. The van der Waals surface area contributed by atoms with E-state index in [0.29, 0.717) is 23.8 Å². The number of carbonyl (C=O) groups is 3. The normalized spacial score (nSPS) is 17.8. The Morgan fingerprint density at radius 1 is 1.48 bits per heavy atom. The van der Waals surface area contributed by atoms with Crippen LogP contribution in [0.25, 0.3) is 0 Å². The highest BCUT2D eigenvalue weighted by atomic mass is 32.2. The average Bonchev–Trinajstić information content (AvgIpc) is 3.12. The van der Waals surface area contributed by atoms with Gasteiger partial charge in [0, 0.05) is 12.2 Å². The van der Waals surface area contributed by atoms with Crippen LogP contribution in [0.1, 0.15) is 29.7 Å². The van der Waals surface area contributed by atoms with E-state index in [0.717, 1.165) is 0 Å². The van der Waals surface area contributed by atoms with E-state index >= 15 is 0 Å². The highest BCUT2D eigenvalue weighted by Crippen LogP contribution is 2.22. The third-order valence-electron chi connectivity index (χ3n) is 3.12. The molecular formula is C13H16N2O5S. The van der Waals surface area contributed by atoms with Crippen LogP contribution in [-0.4, -0.2) is 45.5 Å². The van der Waals surface area contributed by atoms with E-state index in [1.54, 1.807) is 11.8 Å². The smallest absolute Gasteiger partial charge is 0.371 e. The van der Waals surface area contributed by atoms with Gasteiger partial charge in [-0.25, -0.2) is 4.79 Å². The first-order valence-corrected chi connectivity index (χ1v) is 7.65. The van der Waals surface area contributed by atoms with Gasteiger partial charge >= 0.3 is 5.97 Å². The number of carbonyl (C=O) groups excluding carboxylic acids is 2. The minimum absolute atomic E-state index is 0.0497. The van der Waals surface area contributed by atoms with Gasteiger partial charge in [-0.1, -0.05) is 6.92 Å². The van der Waals surface area contributed by atoms with Crippen LogP contribution in [0.15, 0.2) is 16.5 Å². The molecule has 0 spiro atoms. The minimum atomic E-state index is -1.15. The fourth-order valence-electron chi connectivity index (χ4n) is 1.99. The van der Waals surface area contributed by atoms with Crippen molar-refractivity contribution in [3.63, 3.8) is 0 Å². The van der Waals surface area contributed by atoms with Crippen molar-refractivity contribution in [2.45, 2.75) is 25.9 Å². The molecule has 1 aromatic rings. The molecule has 0 aliphatic carbocycles. The van der Waals surface area contributed by atoms with Crippen LogP contribution >= 0.6 is 11.8 Å². The van der Waals surface area contributed by atoms with E-state index in [1.165, 1.54) is 23.9 Å². The maximum atomic E-state index is 12.1. The Bertz CT molecular complexity index is 557. The van der Waals surface area contributed by atoms with Crippen molar-refractivity contribution in [3.05, 3.63) is 23.7 Å². The fraction of sp³-hybridized carbons (Fsp3) is 0.462. The topological polar surface area (TPSA) is 99.9 Å². The molecule has 21 heavy (non-hydrogen) atoms. The minimum Gasteiger partial charge on any atom is -0.475 e. The molecule has 2 rings (SSSR count). The van der Waals surface area contributed by atoms with Gasteiger partial charge in [0.05, 0.1) is 12.4 Å². The van der Waals surface area contributed by atoms with E-state index in [1.807, 2.05) is 0 Å². The van der Waals surface area contributed by atoms with Gasteiger partial charge in [-0.05, 0) is 12.1 Å². The monoisotopic (exact) mass is 312 g/mol. The molecule has 1 fully saturated rings. The summed E-state index contributed by atoms with van der Waals surface area (Å²) in [5.74, 6) is -0.177. The van der Waals surface area contributed by atoms with E-state index < -0.39 is 12.0 Å². The number of aromatic carboxylic acids is 1. The van der Waals surface area contributed by atoms with Gasteiger partial charge in [0.15, 0.2) is 0 Å². The number of rotatable bonds is 5. The van der Waals surface area contributed by atoms with Crippen molar-refractivity contribution in [1.29, 1.82) is 0 Å².